The maximum atomic E-state index is 11.1. The van der Waals surface area contributed by atoms with Gasteiger partial charge in [-0.3, -0.25) is 0 Å². The predicted octanol–water partition coefficient (Wildman–Crippen LogP) is 2.72. The summed E-state index contributed by atoms with van der Waals surface area (Å²) in [7, 11) is 0. The van der Waals surface area contributed by atoms with Crippen LogP contribution < -0.4 is 5.63 Å². The van der Waals surface area contributed by atoms with Crippen LogP contribution in [0.15, 0.2) is 21.3 Å². The van der Waals surface area contributed by atoms with Crippen molar-refractivity contribution >= 4 is 0 Å². The summed E-state index contributed by atoms with van der Waals surface area (Å²) in [6.45, 7) is 6.22. The molecule has 0 aliphatic carbocycles. The number of aryl methyl sites for hydroxylation is 1. The molecule has 0 spiro atoms. The second-order valence-electron chi connectivity index (χ2n) is 3.34. The molecule has 0 bridgehead atoms. The van der Waals surface area contributed by atoms with Crippen molar-refractivity contribution in [1.82, 2.24) is 0 Å². The molecular weight excluding hydrogens is 164 g/mol. The molecule has 0 aromatic carbocycles. The zero-order chi connectivity index (χ0) is 9.84. The van der Waals surface area contributed by atoms with Gasteiger partial charge in [-0.2, -0.15) is 0 Å². The first-order valence-electron chi connectivity index (χ1n) is 4.81. The smallest absolute Gasteiger partial charge is 0.336 e. The quantitative estimate of drug-likeness (QED) is 0.716. The van der Waals surface area contributed by atoms with E-state index < -0.39 is 0 Å². The first kappa shape index (κ1) is 10.0. The summed E-state index contributed by atoms with van der Waals surface area (Å²) >= 11 is 0. The summed E-state index contributed by atoms with van der Waals surface area (Å²) in [5, 5.41) is 0. The highest BCUT2D eigenvalue weighted by molar-refractivity contribution is 5.17. The Morgan fingerprint density at radius 2 is 2.08 bits per heavy atom. The van der Waals surface area contributed by atoms with Crippen LogP contribution in [-0.4, -0.2) is 0 Å². The molecule has 0 saturated carbocycles. The average molecular weight is 180 g/mol. The summed E-state index contributed by atoms with van der Waals surface area (Å²) < 4.78 is 5.01. The molecule has 0 radical (unpaired) electrons. The molecule has 13 heavy (non-hydrogen) atoms. The molecule has 1 unspecified atom stereocenters. The monoisotopic (exact) mass is 180 g/mol. The van der Waals surface area contributed by atoms with Crippen LogP contribution in [0, 0.1) is 0 Å². The average Bonchev–Trinajstić information content (AvgIpc) is 2.15. The molecule has 1 rings (SSSR count). The van der Waals surface area contributed by atoms with Gasteiger partial charge in [-0.25, -0.2) is 4.79 Å². The molecule has 1 aromatic heterocycles. The van der Waals surface area contributed by atoms with Crippen molar-refractivity contribution in [1.29, 1.82) is 0 Å². The van der Waals surface area contributed by atoms with Gasteiger partial charge in [0.05, 0.1) is 0 Å². The number of rotatable bonds is 3. The Hall–Kier alpha value is -1.05. The van der Waals surface area contributed by atoms with E-state index in [9.17, 15) is 4.79 Å². The Bertz CT molecular complexity index is 325. The van der Waals surface area contributed by atoms with Crippen molar-refractivity contribution in [3.05, 3.63) is 33.9 Å². The van der Waals surface area contributed by atoms with Crippen LogP contribution >= 0.6 is 0 Å². The van der Waals surface area contributed by atoms with E-state index in [4.69, 9.17) is 4.42 Å². The first-order valence-corrected chi connectivity index (χ1v) is 4.81. The number of hydrogen-bond donors (Lipinski definition) is 0. The lowest BCUT2D eigenvalue weighted by Gasteiger charge is -2.08. The molecule has 1 aromatic rings. The Kier molecular flexibility index (Phi) is 3.29. The van der Waals surface area contributed by atoms with Gasteiger partial charge in [0, 0.05) is 12.5 Å². The maximum Gasteiger partial charge on any atom is 0.336 e. The SMILES string of the molecule is CCc1cc(C(C)CC)cc(=O)o1. The van der Waals surface area contributed by atoms with Crippen molar-refractivity contribution in [2.24, 2.45) is 0 Å². The van der Waals surface area contributed by atoms with Gasteiger partial charge in [0.25, 0.3) is 0 Å². The topological polar surface area (TPSA) is 30.2 Å². The first-order chi connectivity index (χ1) is 6.17. The van der Waals surface area contributed by atoms with Crippen LogP contribution in [0.2, 0.25) is 0 Å². The molecule has 2 heteroatoms. The zero-order valence-corrected chi connectivity index (χ0v) is 8.46. The Balaban J connectivity index is 3.08. The predicted molar refractivity (Wildman–Crippen MR) is 53.1 cm³/mol. The molecule has 1 atom stereocenters. The van der Waals surface area contributed by atoms with E-state index in [-0.39, 0.29) is 5.63 Å². The Labute approximate surface area is 78.6 Å². The van der Waals surface area contributed by atoms with E-state index in [1.165, 1.54) is 0 Å². The highest BCUT2D eigenvalue weighted by Crippen LogP contribution is 2.17. The minimum atomic E-state index is -0.227. The van der Waals surface area contributed by atoms with E-state index >= 15 is 0 Å². The second-order valence-corrected chi connectivity index (χ2v) is 3.34. The third-order valence-electron chi connectivity index (χ3n) is 2.37. The van der Waals surface area contributed by atoms with Crippen LogP contribution in [-0.2, 0) is 6.42 Å². The van der Waals surface area contributed by atoms with Crippen molar-refractivity contribution < 1.29 is 4.42 Å². The van der Waals surface area contributed by atoms with Gasteiger partial charge in [0.2, 0.25) is 0 Å². The van der Waals surface area contributed by atoms with Gasteiger partial charge in [-0.15, -0.1) is 0 Å². The Morgan fingerprint density at radius 3 is 2.62 bits per heavy atom. The van der Waals surface area contributed by atoms with Gasteiger partial charge in [-0.05, 0) is 24.0 Å². The van der Waals surface area contributed by atoms with E-state index in [1.54, 1.807) is 6.07 Å². The lowest BCUT2D eigenvalue weighted by atomic mass is 9.99. The standard InChI is InChI=1S/C11H16O2/c1-4-8(3)9-6-10(5-2)13-11(12)7-9/h6-8H,4-5H2,1-3H3. The second kappa shape index (κ2) is 4.26. The van der Waals surface area contributed by atoms with Gasteiger partial charge >= 0.3 is 5.63 Å². The molecule has 72 valence electrons. The zero-order valence-electron chi connectivity index (χ0n) is 8.46. The summed E-state index contributed by atoms with van der Waals surface area (Å²) in [6.07, 6.45) is 1.83. The molecule has 0 aliphatic rings. The van der Waals surface area contributed by atoms with E-state index in [0.29, 0.717) is 5.92 Å². The van der Waals surface area contributed by atoms with Crippen molar-refractivity contribution in [2.75, 3.05) is 0 Å². The fourth-order valence-electron chi connectivity index (χ4n) is 1.25. The van der Waals surface area contributed by atoms with E-state index in [1.807, 2.05) is 13.0 Å². The van der Waals surface area contributed by atoms with Crippen molar-refractivity contribution in [2.45, 2.75) is 39.5 Å². The van der Waals surface area contributed by atoms with Crippen LogP contribution in [0.1, 0.15) is 44.4 Å². The third-order valence-corrected chi connectivity index (χ3v) is 2.37. The van der Waals surface area contributed by atoms with Crippen LogP contribution in [0.5, 0.6) is 0 Å². The largest absolute Gasteiger partial charge is 0.428 e. The van der Waals surface area contributed by atoms with Gasteiger partial charge < -0.3 is 4.42 Å². The van der Waals surface area contributed by atoms with Crippen molar-refractivity contribution in [3.8, 4) is 0 Å². The maximum absolute atomic E-state index is 11.1. The minimum Gasteiger partial charge on any atom is -0.428 e. The summed E-state index contributed by atoms with van der Waals surface area (Å²) in [6, 6.07) is 3.57. The molecule has 0 amide bonds. The highest BCUT2D eigenvalue weighted by Gasteiger charge is 2.05. The van der Waals surface area contributed by atoms with E-state index in [0.717, 1.165) is 24.2 Å². The van der Waals surface area contributed by atoms with Crippen molar-refractivity contribution in [3.63, 3.8) is 0 Å². The molecule has 0 N–H and O–H groups in total. The number of hydrogen-bond acceptors (Lipinski definition) is 2. The lowest BCUT2D eigenvalue weighted by molar-refractivity contribution is 0.460. The molecule has 0 saturated heterocycles. The molecule has 0 fully saturated rings. The molecule has 2 nitrogen and oxygen atoms in total. The summed E-state index contributed by atoms with van der Waals surface area (Å²) in [4.78, 5) is 11.1. The summed E-state index contributed by atoms with van der Waals surface area (Å²) in [5.74, 6) is 1.22. The van der Waals surface area contributed by atoms with Gasteiger partial charge in [-0.1, -0.05) is 20.8 Å². The van der Waals surface area contributed by atoms with Crippen LogP contribution in [0.4, 0.5) is 0 Å². The Morgan fingerprint density at radius 1 is 1.38 bits per heavy atom. The fourth-order valence-corrected chi connectivity index (χ4v) is 1.25. The fraction of sp³-hybridized carbons (Fsp3) is 0.545. The molecular formula is C11H16O2. The van der Waals surface area contributed by atoms with Crippen LogP contribution in [0.3, 0.4) is 0 Å². The molecule has 0 aliphatic heterocycles. The van der Waals surface area contributed by atoms with E-state index in [2.05, 4.69) is 13.8 Å². The summed E-state index contributed by atoms with van der Waals surface area (Å²) in [5.41, 5.74) is 0.866. The highest BCUT2D eigenvalue weighted by atomic mass is 16.4. The van der Waals surface area contributed by atoms with Gasteiger partial charge in [0.15, 0.2) is 0 Å². The van der Waals surface area contributed by atoms with Crippen LogP contribution in [0.25, 0.3) is 0 Å². The molecule has 1 heterocycles. The normalized spacial score (nSPS) is 12.8. The minimum absolute atomic E-state index is 0.227. The lowest BCUT2D eigenvalue weighted by Crippen LogP contribution is -2.04. The van der Waals surface area contributed by atoms with Gasteiger partial charge in [0.1, 0.15) is 5.76 Å². The third kappa shape index (κ3) is 2.44.